The Morgan fingerprint density at radius 3 is 2.65 bits per heavy atom. The highest BCUT2D eigenvalue weighted by atomic mass is 127. The third kappa shape index (κ3) is 5.87. The van der Waals surface area contributed by atoms with Gasteiger partial charge in [0.2, 0.25) is 0 Å². The lowest BCUT2D eigenvalue weighted by atomic mass is 10.4. The Hall–Kier alpha value is -1.29. The van der Waals surface area contributed by atoms with Crippen LogP contribution in [0.4, 0.5) is 0 Å². The van der Waals surface area contributed by atoms with Gasteiger partial charge in [0.15, 0.2) is 11.8 Å². The quantitative estimate of drug-likeness (QED) is 0.341. The smallest absolute Gasteiger partial charge is 0.191 e. The minimum atomic E-state index is 0. The molecular formula is C18H27IN6S. The highest BCUT2D eigenvalue weighted by Crippen LogP contribution is 2.51. The predicted molar refractivity (Wildman–Crippen MR) is 118 cm³/mol. The number of nitrogens with one attached hydrogen (secondary N) is 2. The topological polar surface area (TPSA) is 67.1 Å². The van der Waals surface area contributed by atoms with Crippen LogP contribution in [0.1, 0.15) is 32.5 Å². The second kappa shape index (κ2) is 10.1. The maximum Gasteiger partial charge on any atom is 0.191 e. The fourth-order valence-corrected chi connectivity index (χ4v) is 3.84. The summed E-state index contributed by atoms with van der Waals surface area (Å²) in [5, 5.41) is 14.9. The van der Waals surface area contributed by atoms with Crippen LogP contribution in [-0.2, 0) is 13.1 Å². The van der Waals surface area contributed by atoms with Crippen LogP contribution in [0, 0.1) is 0 Å². The van der Waals surface area contributed by atoms with Gasteiger partial charge in [0.05, 0.1) is 0 Å². The van der Waals surface area contributed by atoms with Crippen molar-refractivity contribution in [1.82, 2.24) is 25.4 Å². The lowest BCUT2D eigenvalue weighted by molar-refractivity contribution is 0.692. The van der Waals surface area contributed by atoms with Crippen molar-refractivity contribution in [3.63, 3.8) is 0 Å². The van der Waals surface area contributed by atoms with E-state index >= 15 is 0 Å². The van der Waals surface area contributed by atoms with Gasteiger partial charge in [-0.25, -0.2) is 4.99 Å². The molecule has 1 saturated carbocycles. The normalized spacial score (nSPS) is 15.2. The number of aliphatic imine (C=N–C) groups is 1. The van der Waals surface area contributed by atoms with Crippen molar-refractivity contribution in [2.24, 2.45) is 4.99 Å². The highest BCUT2D eigenvalue weighted by Gasteiger charge is 2.43. The van der Waals surface area contributed by atoms with Gasteiger partial charge in [-0.15, -0.1) is 45.9 Å². The summed E-state index contributed by atoms with van der Waals surface area (Å²) in [4.78, 5) is 6.00. The van der Waals surface area contributed by atoms with Crippen LogP contribution in [0.2, 0.25) is 0 Å². The lowest BCUT2D eigenvalue weighted by Gasteiger charge is -2.18. The molecule has 1 heterocycles. The first kappa shape index (κ1) is 21.0. The molecule has 2 aromatic rings. The molecule has 0 radical (unpaired) electrons. The SMILES string of the molecule is CCNC(=NCc1nncn1CC)NCC1(Sc2ccccc2)CC1.I. The number of guanidine groups is 1. The minimum absolute atomic E-state index is 0. The van der Waals surface area contributed by atoms with E-state index in [1.54, 1.807) is 6.33 Å². The van der Waals surface area contributed by atoms with Crippen LogP contribution in [0.3, 0.4) is 0 Å². The van der Waals surface area contributed by atoms with E-state index < -0.39 is 0 Å². The van der Waals surface area contributed by atoms with Crippen LogP contribution < -0.4 is 10.6 Å². The third-order valence-electron chi connectivity index (χ3n) is 4.22. The van der Waals surface area contributed by atoms with Gasteiger partial charge < -0.3 is 15.2 Å². The summed E-state index contributed by atoms with van der Waals surface area (Å²) in [6, 6.07) is 10.6. The van der Waals surface area contributed by atoms with Crippen molar-refractivity contribution >= 4 is 41.7 Å². The first-order valence-electron chi connectivity index (χ1n) is 8.87. The Kier molecular flexibility index (Phi) is 8.20. The molecule has 0 unspecified atom stereocenters. The molecule has 0 spiro atoms. The van der Waals surface area contributed by atoms with Gasteiger partial charge in [0.1, 0.15) is 12.9 Å². The summed E-state index contributed by atoms with van der Waals surface area (Å²) < 4.78 is 2.31. The van der Waals surface area contributed by atoms with Gasteiger partial charge in [-0.05, 0) is 38.8 Å². The average Bonchev–Trinajstić information content (AvgIpc) is 3.24. The number of aromatic nitrogens is 3. The number of rotatable bonds is 8. The van der Waals surface area contributed by atoms with E-state index in [0.717, 1.165) is 31.4 Å². The maximum atomic E-state index is 4.66. The molecule has 0 amide bonds. The van der Waals surface area contributed by atoms with Crippen molar-refractivity contribution in [3.8, 4) is 0 Å². The summed E-state index contributed by atoms with van der Waals surface area (Å²) in [6.45, 7) is 7.31. The summed E-state index contributed by atoms with van der Waals surface area (Å²) in [5.41, 5.74) is 0. The predicted octanol–water partition coefficient (Wildman–Crippen LogP) is 3.30. The fraction of sp³-hybridized carbons (Fsp3) is 0.500. The summed E-state index contributed by atoms with van der Waals surface area (Å²) in [5.74, 6) is 1.73. The summed E-state index contributed by atoms with van der Waals surface area (Å²) in [6.07, 6.45) is 4.23. The van der Waals surface area contributed by atoms with Crippen molar-refractivity contribution in [2.45, 2.75) is 49.4 Å². The van der Waals surface area contributed by atoms with Crippen molar-refractivity contribution < 1.29 is 0 Å². The monoisotopic (exact) mass is 486 g/mol. The molecule has 1 fully saturated rings. The number of hydrogen-bond donors (Lipinski definition) is 2. The number of halogens is 1. The van der Waals surface area contributed by atoms with Crippen LogP contribution in [0.25, 0.3) is 0 Å². The van der Waals surface area contributed by atoms with Gasteiger partial charge in [-0.3, -0.25) is 0 Å². The molecule has 6 nitrogen and oxygen atoms in total. The molecule has 3 rings (SSSR count). The molecule has 2 N–H and O–H groups in total. The lowest BCUT2D eigenvalue weighted by Crippen LogP contribution is -2.41. The summed E-state index contributed by atoms with van der Waals surface area (Å²) in [7, 11) is 0. The highest BCUT2D eigenvalue weighted by molar-refractivity contribution is 14.0. The van der Waals surface area contributed by atoms with Crippen molar-refractivity contribution in [3.05, 3.63) is 42.5 Å². The van der Waals surface area contributed by atoms with E-state index in [9.17, 15) is 0 Å². The van der Waals surface area contributed by atoms with E-state index in [1.807, 2.05) is 16.3 Å². The zero-order chi connectivity index (χ0) is 17.5. The number of nitrogens with zero attached hydrogens (tertiary/aromatic N) is 4. The van der Waals surface area contributed by atoms with Crippen molar-refractivity contribution in [1.29, 1.82) is 0 Å². The van der Waals surface area contributed by atoms with Gasteiger partial charge in [-0.1, -0.05) is 18.2 Å². The minimum Gasteiger partial charge on any atom is -0.357 e. The molecule has 8 heteroatoms. The van der Waals surface area contributed by atoms with Gasteiger partial charge in [0.25, 0.3) is 0 Å². The molecule has 0 atom stereocenters. The molecule has 0 bridgehead atoms. The molecule has 26 heavy (non-hydrogen) atoms. The van der Waals surface area contributed by atoms with Crippen molar-refractivity contribution in [2.75, 3.05) is 13.1 Å². The Bertz CT molecular complexity index is 699. The van der Waals surface area contributed by atoms with E-state index in [-0.39, 0.29) is 24.0 Å². The number of thioether (sulfide) groups is 1. The van der Waals surface area contributed by atoms with E-state index in [1.165, 1.54) is 17.7 Å². The second-order valence-electron chi connectivity index (χ2n) is 6.18. The number of benzene rings is 1. The molecule has 0 saturated heterocycles. The zero-order valence-corrected chi connectivity index (χ0v) is 18.5. The van der Waals surface area contributed by atoms with Crippen LogP contribution in [0.5, 0.6) is 0 Å². The molecular weight excluding hydrogens is 459 g/mol. The Morgan fingerprint density at radius 1 is 1.23 bits per heavy atom. The zero-order valence-electron chi connectivity index (χ0n) is 15.3. The maximum absolute atomic E-state index is 4.66. The first-order valence-corrected chi connectivity index (χ1v) is 9.69. The molecule has 0 aliphatic heterocycles. The van der Waals surface area contributed by atoms with Gasteiger partial charge >= 0.3 is 0 Å². The van der Waals surface area contributed by atoms with E-state index in [2.05, 4.69) is 70.0 Å². The third-order valence-corrected chi connectivity index (χ3v) is 5.72. The Morgan fingerprint density at radius 2 is 2.00 bits per heavy atom. The van der Waals surface area contributed by atoms with Crippen LogP contribution in [-0.4, -0.2) is 38.6 Å². The summed E-state index contributed by atoms with van der Waals surface area (Å²) >= 11 is 1.97. The van der Waals surface area contributed by atoms with Gasteiger partial charge in [0, 0.05) is 29.3 Å². The van der Waals surface area contributed by atoms with E-state index in [4.69, 9.17) is 0 Å². The first-order chi connectivity index (χ1) is 12.2. The molecule has 142 valence electrons. The average molecular weight is 486 g/mol. The standard InChI is InChI=1S/C18H26N6S.HI/c1-3-19-17(20-12-16-23-22-14-24(16)4-2)21-13-18(10-11-18)25-15-8-6-5-7-9-15;/h5-9,14H,3-4,10-13H2,1-2H3,(H2,19,20,21);1H. The molecule has 1 aliphatic carbocycles. The van der Waals surface area contributed by atoms with Crippen LogP contribution >= 0.6 is 35.7 Å². The molecule has 1 aliphatic rings. The second-order valence-corrected chi connectivity index (χ2v) is 7.72. The number of aryl methyl sites for hydroxylation is 1. The van der Waals surface area contributed by atoms with E-state index in [0.29, 0.717) is 11.3 Å². The van der Waals surface area contributed by atoms with Crippen LogP contribution in [0.15, 0.2) is 46.5 Å². The molecule has 1 aromatic carbocycles. The number of hydrogen-bond acceptors (Lipinski definition) is 4. The fourth-order valence-electron chi connectivity index (χ4n) is 2.59. The Labute approximate surface area is 176 Å². The molecule has 1 aromatic heterocycles. The largest absolute Gasteiger partial charge is 0.357 e. The Balaban J connectivity index is 0.00000243. The van der Waals surface area contributed by atoms with Gasteiger partial charge in [-0.2, -0.15) is 0 Å².